The van der Waals surface area contributed by atoms with E-state index in [4.69, 9.17) is 0 Å². The third-order valence-corrected chi connectivity index (χ3v) is 3.47. The van der Waals surface area contributed by atoms with E-state index in [2.05, 4.69) is 15.8 Å². The zero-order valence-electron chi connectivity index (χ0n) is 11.1. The number of hydrogen-bond acceptors (Lipinski definition) is 4. The minimum Gasteiger partial charge on any atom is -0.383 e. The van der Waals surface area contributed by atoms with Gasteiger partial charge >= 0.3 is 0 Å². The highest BCUT2D eigenvalue weighted by molar-refractivity contribution is 6.44. The number of rotatable bonds is 1. The Morgan fingerprint density at radius 3 is 2.90 bits per heavy atom. The number of anilines is 2. The van der Waals surface area contributed by atoms with Crippen LogP contribution >= 0.6 is 0 Å². The van der Waals surface area contributed by atoms with Crippen molar-refractivity contribution < 1.29 is 9.59 Å². The van der Waals surface area contributed by atoms with Crippen molar-refractivity contribution in [3.05, 3.63) is 24.3 Å². The topological polar surface area (TPSA) is 73.8 Å². The van der Waals surface area contributed by atoms with Crippen molar-refractivity contribution in [3.8, 4) is 0 Å². The number of benzene rings is 1. The summed E-state index contributed by atoms with van der Waals surface area (Å²) in [6, 6.07) is 7.74. The molecule has 20 heavy (non-hydrogen) atoms. The van der Waals surface area contributed by atoms with E-state index in [0.717, 1.165) is 24.3 Å². The quantitative estimate of drug-likeness (QED) is 0.804. The van der Waals surface area contributed by atoms with E-state index in [0.29, 0.717) is 25.1 Å². The van der Waals surface area contributed by atoms with Gasteiger partial charge in [-0.25, -0.2) is 5.43 Å². The molecule has 0 atom stereocenters. The molecule has 0 spiro atoms. The number of hydrazone groups is 1. The SMILES string of the molecule is O=C1CCC(C(=O)N2CCCNc3ccccc32)=NN1. The summed E-state index contributed by atoms with van der Waals surface area (Å²) in [7, 11) is 0. The van der Waals surface area contributed by atoms with Crippen LogP contribution in [0.15, 0.2) is 29.4 Å². The third kappa shape index (κ3) is 2.36. The van der Waals surface area contributed by atoms with Gasteiger partial charge in [0.05, 0.1) is 11.4 Å². The Labute approximate surface area is 116 Å². The molecule has 0 fully saturated rings. The van der Waals surface area contributed by atoms with Gasteiger partial charge in [-0.05, 0) is 18.6 Å². The van der Waals surface area contributed by atoms with Crippen molar-refractivity contribution in [2.45, 2.75) is 19.3 Å². The maximum atomic E-state index is 12.6. The average molecular weight is 272 g/mol. The van der Waals surface area contributed by atoms with Crippen LogP contribution in [0.4, 0.5) is 11.4 Å². The fraction of sp³-hybridized carbons (Fsp3) is 0.357. The van der Waals surface area contributed by atoms with Crippen LogP contribution in [0.2, 0.25) is 0 Å². The van der Waals surface area contributed by atoms with Gasteiger partial charge in [0.1, 0.15) is 5.71 Å². The van der Waals surface area contributed by atoms with Crippen molar-refractivity contribution in [2.24, 2.45) is 5.10 Å². The summed E-state index contributed by atoms with van der Waals surface area (Å²) >= 11 is 0. The molecule has 2 aliphatic heterocycles. The van der Waals surface area contributed by atoms with Gasteiger partial charge in [-0.3, -0.25) is 9.59 Å². The number of hydrogen-bond donors (Lipinski definition) is 2. The summed E-state index contributed by atoms with van der Waals surface area (Å²) in [5.41, 5.74) is 4.62. The van der Waals surface area contributed by atoms with Crippen LogP contribution < -0.4 is 15.6 Å². The molecule has 0 radical (unpaired) electrons. The van der Waals surface area contributed by atoms with E-state index in [1.165, 1.54) is 0 Å². The second-order valence-electron chi connectivity index (χ2n) is 4.85. The Balaban J connectivity index is 1.89. The summed E-state index contributed by atoms with van der Waals surface area (Å²) in [6.45, 7) is 1.49. The van der Waals surface area contributed by atoms with Gasteiger partial charge in [0, 0.05) is 25.9 Å². The van der Waals surface area contributed by atoms with Crippen LogP contribution in [0, 0.1) is 0 Å². The molecule has 2 aliphatic rings. The van der Waals surface area contributed by atoms with E-state index in [1.54, 1.807) is 4.90 Å². The molecule has 104 valence electrons. The molecule has 6 heteroatoms. The lowest BCUT2D eigenvalue weighted by atomic mass is 10.1. The summed E-state index contributed by atoms with van der Waals surface area (Å²) in [4.78, 5) is 25.4. The van der Waals surface area contributed by atoms with Crippen LogP contribution in [-0.4, -0.2) is 30.6 Å². The maximum absolute atomic E-state index is 12.6. The molecule has 2 amide bonds. The van der Waals surface area contributed by atoms with Gasteiger partial charge in [-0.2, -0.15) is 5.10 Å². The number of carbonyl (C=O) groups excluding carboxylic acids is 2. The van der Waals surface area contributed by atoms with Crippen molar-refractivity contribution in [3.63, 3.8) is 0 Å². The van der Waals surface area contributed by atoms with Crippen molar-refractivity contribution >= 4 is 28.9 Å². The Bertz CT molecular complexity index is 582. The number of carbonyl (C=O) groups is 2. The average Bonchev–Trinajstić information content (AvgIpc) is 2.69. The van der Waals surface area contributed by atoms with E-state index in [1.807, 2.05) is 24.3 Å². The van der Waals surface area contributed by atoms with Gasteiger partial charge in [-0.1, -0.05) is 12.1 Å². The second-order valence-corrected chi connectivity index (χ2v) is 4.85. The number of nitrogens with zero attached hydrogens (tertiary/aromatic N) is 2. The highest BCUT2D eigenvalue weighted by atomic mass is 16.2. The van der Waals surface area contributed by atoms with Crippen LogP contribution in [0.3, 0.4) is 0 Å². The summed E-state index contributed by atoms with van der Waals surface area (Å²) in [5.74, 6) is -0.263. The standard InChI is InChI=1S/C14H16N4O2/c19-13-7-6-11(16-17-13)14(20)18-9-3-8-15-10-4-1-2-5-12(10)18/h1-2,4-5,15H,3,6-9H2,(H,17,19). The first kappa shape index (κ1) is 12.7. The van der Waals surface area contributed by atoms with Crippen molar-refractivity contribution in [1.82, 2.24) is 5.43 Å². The molecule has 2 heterocycles. The fourth-order valence-electron chi connectivity index (χ4n) is 2.43. The molecule has 0 saturated carbocycles. The van der Waals surface area contributed by atoms with Gasteiger partial charge in [0.2, 0.25) is 5.91 Å². The van der Waals surface area contributed by atoms with Crippen LogP contribution in [0.1, 0.15) is 19.3 Å². The van der Waals surface area contributed by atoms with Crippen molar-refractivity contribution in [1.29, 1.82) is 0 Å². The van der Waals surface area contributed by atoms with Gasteiger partial charge < -0.3 is 10.2 Å². The van der Waals surface area contributed by atoms with E-state index in [-0.39, 0.29) is 11.8 Å². The number of nitrogens with one attached hydrogen (secondary N) is 2. The number of amides is 2. The zero-order valence-corrected chi connectivity index (χ0v) is 11.1. The first-order valence-corrected chi connectivity index (χ1v) is 6.76. The van der Waals surface area contributed by atoms with Crippen molar-refractivity contribution in [2.75, 3.05) is 23.3 Å². The fourth-order valence-corrected chi connectivity index (χ4v) is 2.43. The maximum Gasteiger partial charge on any atom is 0.274 e. The van der Waals surface area contributed by atoms with Gasteiger partial charge in [0.25, 0.3) is 5.91 Å². The van der Waals surface area contributed by atoms with Crippen LogP contribution in [-0.2, 0) is 9.59 Å². The molecule has 2 N–H and O–H groups in total. The minimum absolute atomic E-state index is 0.124. The lowest BCUT2D eigenvalue weighted by Crippen LogP contribution is -2.40. The van der Waals surface area contributed by atoms with Crippen LogP contribution in [0.5, 0.6) is 0 Å². The lowest BCUT2D eigenvalue weighted by molar-refractivity contribution is -0.121. The van der Waals surface area contributed by atoms with Gasteiger partial charge in [0.15, 0.2) is 0 Å². The first-order chi connectivity index (χ1) is 9.75. The highest BCUT2D eigenvalue weighted by Crippen LogP contribution is 2.28. The molecule has 3 rings (SSSR count). The normalized spacial score (nSPS) is 18.3. The molecule has 1 aromatic carbocycles. The van der Waals surface area contributed by atoms with Gasteiger partial charge in [-0.15, -0.1) is 0 Å². The summed E-state index contributed by atoms with van der Waals surface area (Å²) in [5, 5.41) is 7.21. The van der Waals surface area contributed by atoms with E-state index in [9.17, 15) is 9.59 Å². The third-order valence-electron chi connectivity index (χ3n) is 3.47. The molecule has 1 aromatic rings. The number of fused-ring (bicyclic) bond motifs is 1. The molecule has 0 aliphatic carbocycles. The Morgan fingerprint density at radius 1 is 1.25 bits per heavy atom. The molecule has 0 unspecified atom stereocenters. The highest BCUT2D eigenvalue weighted by Gasteiger charge is 2.26. The molecular formula is C14H16N4O2. The second kappa shape index (κ2) is 5.32. The predicted molar refractivity (Wildman–Crippen MR) is 76.7 cm³/mol. The molecule has 6 nitrogen and oxygen atoms in total. The molecule has 0 aromatic heterocycles. The van der Waals surface area contributed by atoms with E-state index >= 15 is 0 Å². The van der Waals surface area contributed by atoms with Crippen LogP contribution in [0.25, 0.3) is 0 Å². The Kier molecular flexibility index (Phi) is 3.37. The largest absolute Gasteiger partial charge is 0.383 e. The Morgan fingerprint density at radius 2 is 2.10 bits per heavy atom. The van der Waals surface area contributed by atoms with E-state index < -0.39 is 0 Å². The predicted octanol–water partition coefficient (Wildman–Crippen LogP) is 1.10. The molecular weight excluding hydrogens is 256 g/mol. The summed E-state index contributed by atoms with van der Waals surface area (Å²) in [6.07, 6.45) is 1.59. The number of para-hydroxylation sites is 2. The monoisotopic (exact) mass is 272 g/mol. The lowest BCUT2D eigenvalue weighted by Gasteiger charge is -2.24. The molecule has 0 bridgehead atoms. The first-order valence-electron chi connectivity index (χ1n) is 6.76. The zero-order chi connectivity index (χ0) is 13.9. The summed E-state index contributed by atoms with van der Waals surface area (Å²) < 4.78 is 0. The smallest absolute Gasteiger partial charge is 0.274 e. The minimum atomic E-state index is -0.139. The molecule has 0 saturated heterocycles. The Hall–Kier alpha value is -2.37.